The lowest BCUT2D eigenvalue weighted by molar-refractivity contribution is -0.115. The molecule has 9 nitrogen and oxygen atoms in total. The Morgan fingerprint density at radius 3 is 2.53 bits per heavy atom. The molecule has 4 rings (SSSR count). The van der Waals surface area contributed by atoms with Gasteiger partial charge in [-0.25, -0.2) is 0 Å². The Labute approximate surface area is 203 Å². The molecule has 2 aromatic carbocycles. The van der Waals surface area contributed by atoms with Crippen molar-refractivity contribution in [3.8, 4) is 11.5 Å². The van der Waals surface area contributed by atoms with Crippen LogP contribution < -0.4 is 19.7 Å². The van der Waals surface area contributed by atoms with Crippen LogP contribution in [0.15, 0.2) is 53.7 Å². The number of ether oxygens (including phenoxy) is 3. The van der Waals surface area contributed by atoms with Gasteiger partial charge in [-0.2, -0.15) is 0 Å². The van der Waals surface area contributed by atoms with Crippen LogP contribution in [0.1, 0.15) is 12.5 Å². The van der Waals surface area contributed by atoms with E-state index < -0.39 is 5.25 Å². The Morgan fingerprint density at radius 1 is 1.09 bits per heavy atom. The average molecular weight is 484 g/mol. The van der Waals surface area contributed by atoms with Gasteiger partial charge in [0.1, 0.15) is 0 Å². The molecule has 1 atom stereocenters. The molecule has 1 saturated heterocycles. The van der Waals surface area contributed by atoms with Gasteiger partial charge >= 0.3 is 0 Å². The molecule has 1 amide bonds. The summed E-state index contributed by atoms with van der Waals surface area (Å²) >= 11 is 1.38. The Kier molecular flexibility index (Phi) is 7.91. The molecular weight excluding hydrogens is 454 g/mol. The lowest BCUT2D eigenvalue weighted by atomic mass is 10.2. The summed E-state index contributed by atoms with van der Waals surface area (Å²) in [6.07, 6.45) is 0. The molecule has 1 aliphatic rings. The second-order valence-corrected chi connectivity index (χ2v) is 9.08. The summed E-state index contributed by atoms with van der Waals surface area (Å²) in [4.78, 5) is 15.1. The summed E-state index contributed by atoms with van der Waals surface area (Å²) in [5.41, 5.74) is 1.77. The number of benzene rings is 2. The first kappa shape index (κ1) is 23.9. The molecule has 0 bridgehead atoms. The SMILES string of the molecule is COc1ccc(NC(=O)C(C)Sc2nnc(N3CCOCC3)n2Cc2ccccc2)cc1OC. The van der Waals surface area contributed by atoms with Crippen LogP contribution in [0, 0.1) is 0 Å². The van der Waals surface area contributed by atoms with Crippen molar-refractivity contribution in [3.63, 3.8) is 0 Å². The van der Waals surface area contributed by atoms with Gasteiger partial charge in [0, 0.05) is 24.8 Å². The van der Waals surface area contributed by atoms with Gasteiger partial charge in [0.15, 0.2) is 16.7 Å². The van der Waals surface area contributed by atoms with Gasteiger partial charge in [0.25, 0.3) is 0 Å². The maximum atomic E-state index is 13.0. The van der Waals surface area contributed by atoms with Crippen LogP contribution in [-0.4, -0.2) is 66.4 Å². The standard InChI is InChI=1S/C24H29N5O4S/c1-17(22(30)25-19-9-10-20(31-2)21(15-19)32-3)34-24-27-26-23(28-11-13-33-14-12-28)29(24)16-18-7-5-4-6-8-18/h4-10,15,17H,11-14,16H2,1-3H3,(H,25,30). The van der Waals surface area contributed by atoms with Crippen molar-refractivity contribution in [1.82, 2.24) is 14.8 Å². The van der Waals surface area contributed by atoms with E-state index in [-0.39, 0.29) is 5.91 Å². The van der Waals surface area contributed by atoms with Gasteiger partial charge in [-0.05, 0) is 24.6 Å². The summed E-state index contributed by atoms with van der Waals surface area (Å²) in [5, 5.41) is 12.2. The third-order valence-corrected chi connectivity index (χ3v) is 6.56. The number of anilines is 2. The molecule has 1 N–H and O–H groups in total. The highest BCUT2D eigenvalue weighted by Crippen LogP contribution is 2.31. The molecular formula is C24H29N5O4S. The fourth-order valence-electron chi connectivity index (χ4n) is 3.64. The minimum Gasteiger partial charge on any atom is -0.493 e. The summed E-state index contributed by atoms with van der Waals surface area (Å²) in [6.45, 7) is 5.30. The van der Waals surface area contributed by atoms with E-state index in [9.17, 15) is 4.79 Å². The lowest BCUT2D eigenvalue weighted by Gasteiger charge is -2.28. The van der Waals surface area contributed by atoms with Crippen LogP contribution >= 0.6 is 11.8 Å². The van der Waals surface area contributed by atoms with E-state index in [2.05, 4.69) is 37.1 Å². The number of methoxy groups -OCH3 is 2. The third-order valence-electron chi connectivity index (χ3n) is 5.48. The zero-order chi connectivity index (χ0) is 23.9. The molecule has 3 aromatic rings. The van der Waals surface area contributed by atoms with Crippen molar-refractivity contribution >= 4 is 29.3 Å². The van der Waals surface area contributed by atoms with Crippen molar-refractivity contribution in [2.45, 2.75) is 23.9 Å². The van der Waals surface area contributed by atoms with Gasteiger partial charge in [0.2, 0.25) is 11.9 Å². The second kappa shape index (κ2) is 11.3. The minimum atomic E-state index is -0.399. The molecule has 2 heterocycles. The largest absolute Gasteiger partial charge is 0.493 e. The maximum Gasteiger partial charge on any atom is 0.237 e. The van der Waals surface area contributed by atoms with Crippen LogP contribution in [0.5, 0.6) is 11.5 Å². The molecule has 0 saturated carbocycles. The van der Waals surface area contributed by atoms with Crippen molar-refractivity contribution < 1.29 is 19.0 Å². The molecule has 1 aromatic heterocycles. The Bertz CT molecular complexity index is 1100. The Hall–Kier alpha value is -3.24. The van der Waals surface area contributed by atoms with Crippen LogP contribution in [0.25, 0.3) is 0 Å². The van der Waals surface area contributed by atoms with E-state index >= 15 is 0 Å². The topological polar surface area (TPSA) is 90.7 Å². The van der Waals surface area contributed by atoms with Crippen molar-refractivity contribution in [1.29, 1.82) is 0 Å². The summed E-state index contributed by atoms with van der Waals surface area (Å²) in [7, 11) is 3.14. The first-order valence-electron chi connectivity index (χ1n) is 11.1. The number of hydrogen-bond acceptors (Lipinski definition) is 8. The fraction of sp³-hybridized carbons (Fsp3) is 0.375. The van der Waals surface area contributed by atoms with E-state index in [1.54, 1.807) is 32.4 Å². The highest BCUT2D eigenvalue weighted by Gasteiger charge is 2.24. The molecule has 0 spiro atoms. The summed E-state index contributed by atoms with van der Waals surface area (Å²) in [6, 6.07) is 15.5. The number of hydrogen-bond donors (Lipinski definition) is 1. The van der Waals surface area contributed by atoms with Crippen LogP contribution in [-0.2, 0) is 16.1 Å². The Balaban J connectivity index is 1.51. The molecule has 10 heteroatoms. The quantitative estimate of drug-likeness (QED) is 0.464. The molecule has 1 fully saturated rings. The average Bonchev–Trinajstić information content (AvgIpc) is 3.26. The van der Waals surface area contributed by atoms with E-state index in [0.29, 0.717) is 42.1 Å². The summed E-state index contributed by atoms with van der Waals surface area (Å²) in [5.74, 6) is 1.81. The number of amides is 1. The highest BCUT2D eigenvalue weighted by molar-refractivity contribution is 8.00. The second-order valence-electron chi connectivity index (χ2n) is 7.77. The maximum absolute atomic E-state index is 13.0. The van der Waals surface area contributed by atoms with Gasteiger partial charge in [-0.3, -0.25) is 9.36 Å². The highest BCUT2D eigenvalue weighted by atomic mass is 32.2. The first-order chi connectivity index (χ1) is 16.6. The first-order valence-corrected chi connectivity index (χ1v) is 12.0. The van der Waals surface area contributed by atoms with Crippen LogP contribution in [0.3, 0.4) is 0 Å². The van der Waals surface area contributed by atoms with Crippen molar-refractivity contribution in [3.05, 3.63) is 54.1 Å². The molecule has 0 aliphatic carbocycles. The number of nitrogens with one attached hydrogen (secondary N) is 1. The fourth-order valence-corrected chi connectivity index (χ4v) is 4.48. The number of carbonyl (C=O) groups is 1. The predicted molar refractivity (Wildman–Crippen MR) is 132 cm³/mol. The number of morpholine rings is 1. The van der Waals surface area contributed by atoms with E-state index in [0.717, 1.165) is 24.6 Å². The zero-order valence-electron chi connectivity index (χ0n) is 19.6. The number of nitrogens with zero attached hydrogens (tertiary/aromatic N) is 4. The third kappa shape index (κ3) is 5.63. The van der Waals surface area contributed by atoms with Crippen LogP contribution in [0.4, 0.5) is 11.6 Å². The van der Waals surface area contributed by atoms with Gasteiger partial charge in [-0.15, -0.1) is 10.2 Å². The zero-order valence-corrected chi connectivity index (χ0v) is 20.4. The predicted octanol–water partition coefficient (Wildman–Crippen LogP) is 3.30. The molecule has 0 radical (unpaired) electrons. The lowest BCUT2D eigenvalue weighted by Crippen LogP contribution is -2.38. The van der Waals surface area contributed by atoms with Gasteiger partial charge in [-0.1, -0.05) is 42.1 Å². The van der Waals surface area contributed by atoms with Crippen molar-refractivity contribution in [2.24, 2.45) is 0 Å². The van der Waals surface area contributed by atoms with Gasteiger partial charge in [0.05, 0.1) is 39.2 Å². The van der Waals surface area contributed by atoms with E-state index in [1.807, 2.05) is 25.1 Å². The smallest absolute Gasteiger partial charge is 0.237 e. The molecule has 1 unspecified atom stereocenters. The molecule has 34 heavy (non-hydrogen) atoms. The monoisotopic (exact) mass is 483 g/mol. The summed E-state index contributed by atoms with van der Waals surface area (Å²) < 4.78 is 18.2. The minimum absolute atomic E-state index is 0.139. The van der Waals surface area contributed by atoms with Gasteiger partial charge < -0.3 is 24.4 Å². The molecule has 1 aliphatic heterocycles. The normalized spacial score (nSPS) is 14.5. The molecule has 180 valence electrons. The van der Waals surface area contributed by atoms with E-state index in [4.69, 9.17) is 14.2 Å². The van der Waals surface area contributed by atoms with E-state index in [1.165, 1.54) is 11.8 Å². The number of thioether (sulfide) groups is 1. The van der Waals surface area contributed by atoms with Crippen molar-refractivity contribution in [2.75, 3.05) is 50.7 Å². The number of aromatic nitrogens is 3. The Morgan fingerprint density at radius 2 is 1.82 bits per heavy atom. The number of carbonyl (C=O) groups excluding carboxylic acids is 1. The number of rotatable bonds is 9. The van der Waals surface area contributed by atoms with Crippen LogP contribution in [0.2, 0.25) is 0 Å².